The number of aliphatic imine (C=N–C) groups is 1. The van der Waals surface area contributed by atoms with Gasteiger partial charge in [0.15, 0.2) is 5.96 Å². The van der Waals surface area contributed by atoms with Gasteiger partial charge in [0.05, 0.1) is 6.10 Å². The summed E-state index contributed by atoms with van der Waals surface area (Å²) in [6.07, 6.45) is 6.77. The molecule has 0 aliphatic heterocycles. The van der Waals surface area contributed by atoms with Crippen LogP contribution in [0, 0.1) is 5.92 Å². The maximum absolute atomic E-state index is 5.84. The second-order valence-corrected chi connectivity index (χ2v) is 5.67. The molecule has 19 heavy (non-hydrogen) atoms. The Morgan fingerprint density at radius 2 is 2.00 bits per heavy atom. The Morgan fingerprint density at radius 3 is 2.63 bits per heavy atom. The molecule has 0 spiro atoms. The lowest BCUT2D eigenvalue weighted by Gasteiger charge is -2.13. The summed E-state index contributed by atoms with van der Waals surface area (Å²) in [5, 5.41) is 6.63. The van der Waals surface area contributed by atoms with Crippen molar-refractivity contribution in [3.63, 3.8) is 0 Å². The molecule has 4 nitrogen and oxygen atoms in total. The summed E-state index contributed by atoms with van der Waals surface area (Å²) in [6.45, 7) is 10.0. The Balaban J connectivity index is 2.08. The van der Waals surface area contributed by atoms with Gasteiger partial charge in [-0.1, -0.05) is 26.7 Å². The van der Waals surface area contributed by atoms with Crippen molar-refractivity contribution in [2.45, 2.75) is 59.0 Å². The second kappa shape index (κ2) is 10.1. The molecule has 0 unspecified atom stereocenters. The van der Waals surface area contributed by atoms with Gasteiger partial charge in [-0.2, -0.15) is 0 Å². The summed E-state index contributed by atoms with van der Waals surface area (Å²) in [6, 6.07) is 0. The third-order valence-electron chi connectivity index (χ3n) is 3.23. The number of guanidine groups is 1. The Hall–Kier alpha value is -0.770. The number of ether oxygens (including phenoxy) is 1. The molecule has 0 aromatic rings. The molecule has 4 heteroatoms. The van der Waals surface area contributed by atoms with E-state index in [1.165, 1.54) is 25.7 Å². The van der Waals surface area contributed by atoms with Crippen molar-refractivity contribution >= 4 is 5.96 Å². The fourth-order valence-electron chi connectivity index (χ4n) is 2.20. The third kappa shape index (κ3) is 8.09. The highest BCUT2D eigenvalue weighted by molar-refractivity contribution is 5.79. The molecule has 0 aromatic carbocycles. The van der Waals surface area contributed by atoms with E-state index < -0.39 is 0 Å². The molecule has 0 radical (unpaired) electrons. The molecule has 0 aromatic heterocycles. The lowest BCUT2D eigenvalue weighted by Crippen LogP contribution is -2.38. The van der Waals surface area contributed by atoms with Crippen LogP contribution in [0.15, 0.2) is 4.99 Å². The van der Waals surface area contributed by atoms with Gasteiger partial charge in [-0.3, -0.25) is 4.99 Å². The monoisotopic (exact) mass is 269 g/mol. The summed E-state index contributed by atoms with van der Waals surface area (Å²) < 4.78 is 5.84. The maximum Gasteiger partial charge on any atom is 0.191 e. The molecular weight excluding hydrogens is 238 g/mol. The minimum Gasteiger partial charge on any atom is -0.378 e. The van der Waals surface area contributed by atoms with Crippen molar-refractivity contribution in [2.24, 2.45) is 10.9 Å². The fourth-order valence-corrected chi connectivity index (χ4v) is 2.20. The first-order valence-corrected chi connectivity index (χ1v) is 7.86. The Labute approximate surface area is 118 Å². The molecule has 1 fully saturated rings. The predicted octanol–water partition coefficient (Wildman–Crippen LogP) is 2.55. The number of nitrogens with one attached hydrogen (secondary N) is 2. The normalized spacial score (nSPS) is 17.2. The quantitative estimate of drug-likeness (QED) is 0.404. The molecule has 0 amide bonds. The SMILES string of the molecule is CCNC(=NCC(C)C)NCCCOC1CCCC1. The zero-order chi connectivity index (χ0) is 13.9. The van der Waals surface area contributed by atoms with Gasteiger partial charge in [-0.25, -0.2) is 0 Å². The molecule has 1 aliphatic rings. The molecule has 0 heterocycles. The van der Waals surface area contributed by atoms with E-state index in [9.17, 15) is 0 Å². The summed E-state index contributed by atoms with van der Waals surface area (Å²) in [4.78, 5) is 4.54. The van der Waals surface area contributed by atoms with E-state index in [2.05, 4.69) is 36.4 Å². The summed E-state index contributed by atoms with van der Waals surface area (Å²) in [5.74, 6) is 1.53. The van der Waals surface area contributed by atoms with Crippen LogP contribution in [0.5, 0.6) is 0 Å². The van der Waals surface area contributed by atoms with Crippen molar-refractivity contribution in [1.82, 2.24) is 10.6 Å². The average molecular weight is 269 g/mol. The van der Waals surface area contributed by atoms with E-state index in [4.69, 9.17) is 4.74 Å². The highest BCUT2D eigenvalue weighted by Gasteiger charge is 2.14. The van der Waals surface area contributed by atoms with Gasteiger partial charge in [0.2, 0.25) is 0 Å². The molecule has 0 saturated heterocycles. The smallest absolute Gasteiger partial charge is 0.191 e. The van der Waals surface area contributed by atoms with Gasteiger partial charge in [0, 0.05) is 26.2 Å². The van der Waals surface area contributed by atoms with Gasteiger partial charge in [0.1, 0.15) is 0 Å². The molecule has 1 aliphatic carbocycles. The van der Waals surface area contributed by atoms with E-state index in [1.807, 2.05) is 0 Å². The van der Waals surface area contributed by atoms with Crippen LogP contribution in [0.25, 0.3) is 0 Å². The Morgan fingerprint density at radius 1 is 1.26 bits per heavy atom. The second-order valence-electron chi connectivity index (χ2n) is 5.67. The van der Waals surface area contributed by atoms with E-state index in [0.29, 0.717) is 12.0 Å². The lowest BCUT2D eigenvalue weighted by molar-refractivity contribution is 0.0574. The number of rotatable bonds is 8. The van der Waals surface area contributed by atoms with Gasteiger partial charge in [-0.05, 0) is 32.1 Å². The minimum absolute atomic E-state index is 0.530. The first kappa shape index (κ1) is 16.3. The van der Waals surface area contributed by atoms with Crippen LogP contribution >= 0.6 is 0 Å². The Bertz CT molecular complexity index is 248. The maximum atomic E-state index is 5.84. The largest absolute Gasteiger partial charge is 0.378 e. The van der Waals surface area contributed by atoms with Gasteiger partial charge < -0.3 is 15.4 Å². The van der Waals surface area contributed by atoms with Crippen LogP contribution in [0.4, 0.5) is 0 Å². The number of hydrogen-bond donors (Lipinski definition) is 2. The number of hydrogen-bond acceptors (Lipinski definition) is 2. The topological polar surface area (TPSA) is 45.7 Å². The first-order valence-electron chi connectivity index (χ1n) is 7.86. The first-order chi connectivity index (χ1) is 9.22. The van der Waals surface area contributed by atoms with Crippen LogP contribution in [0.3, 0.4) is 0 Å². The zero-order valence-corrected chi connectivity index (χ0v) is 12.9. The lowest BCUT2D eigenvalue weighted by atomic mass is 10.2. The Kier molecular flexibility index (Phi) is 8.63. The summed E-state index contributed by atoms with van der Waals surface area (Å²) in [7, 11) is 0. The molecule has 2 N–H and O–H groups in total. The predicted molar refractivity (Wildman–Crippen MR) is 81.6 cm³/mol. The van der Waals surface area contributed by atoms with Crippen molar-refractivity contribution < 1.29 is 4.74 Å². The highest BCUT2D eigenvalue weighted by Crippen LogP contribution is 2.20. The molecule has 1 rings (SSSR count). The zero-order valence-electron chi connectivity index (χ0n) is 12.9. The van der Waals surface area contributed by atoms with E-state index in [1.54, 1.807) is 0 Å². The number of nitrogens with zero attached hydrogens (tertiary/aromatic N) is 1. The third-order valence-corrected chi connectivity index (χ3v) is 3.23. The van der Waals surface area contributed by atoms with Gasteiger partial charge in [0.25, 0.3) is 0 Å². The van der Waals surface area contributed by atoms with Crippen LogP contribution in [0.1, 0.15) is 52.9 Å². The van der Waals surface area contributed by atoms with Crippen molar-refractivity contribution in [3.8, 4) is 0 Å². The van der Waals surface area contributed by atoms with E-state index >= 15 is 0 Å². The molecule has 1 saturated carbocycles. The summed E-state index contributed by atoms with van der Waals surface area (Å²) in [5.41, 5.74) is 0. The average Bonchev–Trinajstić information content (AvgIpc) is 2.88. The van der Waals surface area contributed by atoms with Crippen LogP contribution in [-0.2, 0) is 4.74 Å². The fraction of sp³-hybridized carbons (Fsp3) is 0.933. The highest BCUT2D eigenvalue weighted by atomic mass is 16.5. The van der Waals surface area contributed by atoms with Gasteiger partial charge in [-0.15, -0.1) is 0 Å². The summed E-state index contributed by atoms with van der Waals surface area (Å²) >= 11 is 0. The van der Waals surface area contributed by atoms with E-state index in [-0.39, 0.29) is 0 Å². The van der Waals surface area contributed by atoms with Crippen molar-refractivity contribution in [3.05, 3.63) is 0 Å². The van der Waals surface area contributed by atoms with Gasteiger partial charge >= 0.3 is 0 Å². The van der Waals surface area contributed by atoms with Crippen LogP contribution in [-0.4, -0.2) is 38.3 Å². The molecule has 0 atom stereocenters. The van der Waals surface area contributed by atoms with E-state index in [0.717, 1.165) is 38.6 Å². The van der Waals surface area contributed by atoms with Crippen molar-refractivity contribution in [2.75, 3.05) is 26.2 Å². The molecule has 0 bridgehead atoms. The van der Waals surface area contributed by atoms with Crippen LogP contribution in [0.2, 0.25) is 0 Å². The molecular formula is C15H31N3O. The minimum atomic E-state index is 0.530. The molecule has 112 valence electrons. The van der Waals surface area contributed by atoms with Crippen LogP contribution < -0.4 is 10.6 Å². The van der Waals surface area contributed by atoms with Crippen molar-refractivity contribution in [1.29, 1.82) is 0 Å². The standard InChI is InChI=1S/C15H31N3O/c1-4-16-15(18-12-13(2)3)17-10-7-11-19-14-8-5-6-9-14/h13-14H,4-12H2,1-3H3,(H2,16,17,18).